The first-order chi connectivity index (χ1) is 10.9. The van der Waals surface area contributed by atoms with Crippen molar-refractivity contribution in [3.63, 3.8) is 0 Å². The van der Waals surface area contributed by atoms with Gasteiger partial charge >= 0.3 is 5.97 Å². The number of aromatic hydroxyl groups is 2. The third-order valence-electron chi connectivity index (χ3n) is 3.21. The van der Waals surface area contributed by atoms with E-state index in [1.54, 1.807) is 6.07 Å². The van der Waals surface area contributed by atoms with Crippen LogP contribution in [0.1, 0.15) is 15.9 Å². The molecule has 2 aromatic carbocycles. The third kappa shape index (κ3) is 3.88. The Labute approximate surface area is 130 Å². The van der Waals surface area contributed by atoms with Gasteiger partial charge in [-0.05, 0) is 36.2 Å². The fourth-order valence-corrected chi connectivity index (χ4v) is 2.03. The van der Waals surface area contributed by atoms with E-state index in [2.05, 4.69) is 5.32 Å². The van der Waals surface area contributed by atoms with Crippen molar-refractivity contribution in [2.75, 3.05) is 11.9 Å². The van der Waals surface area contributed by atoms with Gasteiger partial charge in [-0.3, -0.25) is 10.1 Å². The predicted molar refractivity (Wildman–Crippen MR) is 82.0 cm³/mol. The van der Waals surface area contributed by atoms with Crippen LogP contribution in [0.25, 0.3) is 0 Å². The summed E-state index contributed by atoms with van der Waals surface area (Å²) >= 11 is 0. The summed E-state index contributed by atoms with van der Waals surface area (Å²) in [5, 5.41) is 41.4. The lowest BCUT2D eigenvalue weighted by Crippen LogP contribution is -2.08. The molecule has 23 heavy (non-hydrogen) atoms. The SMILES string of the molecule is O=C(O)c1ccc(NCCc2ccc(O)c(O)c2)c([N+](=O)[O-])c1. The Morgan fingerprint density at radius 2 is 1.87 bits per heavy atom. The molecule has 0 unspecified atom stereocenters. The second-order valence-electron chi connectivity index (χ2n) is 4.79. The minimum Gasteiger partial charge on any atom is -0.504 e. The molecule has 0 saturated heterocycles. The topological polar surface area (TPSA) is 133 Å². The maximum absolute atomic E-state index is 11.0. The van der Waals surface area contributed by atoms with Gasteiger partial charge in [-0.25, -0.2) is 4.79 Å². The molecule has 0 atom stereocenters. The van der Waals surface area contributed by atoms with E-state index in [0.29, 0.717) is 13.0 Å². The minimum atomic E-state index is -1.24. The molecule has 120 valence electrons. The number of nitrogens with one attached hydrogen (secondary N) is 1. The lowest BCUT2D eigenvalue weighted by molar-refractivity contribution is -0.384. The lowest BCUT2D eigenvalue weighted by atomic mass is 10.1. The number of benzene rings is 2. The summed E-state index contributed by atoms with van der Waals surface area (Å²) in [6.45, 7) is 0.331. The van der Waals surface area contributed by atoms with E-state index in [-0.39, 0.29) is 28.4 Å². The van der Waals surface area contributed by atoms with E-state index in [0.717, 1.165) is 11.6 Å². The van der Waals surface area contributed by atoms with Gasteiger partial charge in [0.2, 0.25) is 0 Å². The van der Waals surface area contributed by atoms with Crippen LogP contribution < -0.4 is 5.32 Å². The van der Waals surface area contributed by atoms with E-state index in [1.165, 1.54) is 24.3 Å². The van der Waals surface area contributed by atoms with Crippen molar-refractivity contribution >= 4 is 17.3 Å². The molecule has 0 fully saturated rings. The Morgan fingerprint density at radius 3 is 2.48 bits per heavy atom. The molecular weight excluding hydrogens is 304 g/mol. The molecule has 0 spiro atoms. The second kappa shape index (κ2) is 6.65. The molecule has 0 aliphatic heterocycles. The zero-order valence-electron chi connectivity index (χ0n) is 11.9. The zero-order valence-corrected chi connectivity index (χ0v) is 11.9. The van der Waals surface area contributed by atoms with Gasteiger partial charge < -0.3 is 20.6 Å². The van der Waals surface area contributed by atoms with Crippen LogP contribution in [0.4, 0.5) is 11.4 Å². The van der Waals surface area contributed by atoms with Crippen LogP contribution in [0.2, 0.25) is 0 Å². The molecule has 2 rings (SSSR count). The summed E-state index contributed by atoms with van der Waals surface area (Å²) in [6.07, 6.45) is 0.450. The van der Waals surface area contributed by atoms with E-state index >= 15 is 0 Å². The molecular formula is C15H14N2O6. The summed E-state index contributed by atoms with van der Waals surface area (Å²) in [7, 11) is 0. The Hall–Kier alpha value is -3.29. The average molecular weight is 318 g/mol. The number of carboxylic acid groups (broad SMARTS) is 1. The van der Waals surface area contributed by atoms with Gasteiger partial charge in [0.15, 0.2) is 11.5 Å². The number of phenols is 2. The first-order valence-electron chi connectivity index (χ1n) is 6.65. The molecule has 0 amide bonds. The van der Waals surface area contributed by atoms with Crippen molar-refractivity contribution in [1.82, 2.24) is 0 Å². The lowest BCUT2D eigenvalue weighted by Gasteiger charge is -2.08. The van der Waals surface area contributed by atoms with E-state index < -0.39 is 10.9 Å². The molecule has 8 nitrogen and oxygen atoms in total. The summed E-state index contributed by atoms with van der Waals surface area (Å²) in [5.41, 5.74) is 0.463. The largest absolute Gasteiger partial charge is 0.504 e. The Balaban J connectivity index is 2.09. The zero-order chi connectivity index (χ0) is 17.0. The highest BCUT2D eigenvalue weighted by Crippen LogP contribution is 2.27. The number of nitro groups is 1. The number of carboxylic acids is 1. The van der Waals surface area contributed by atoms with E-state index in [4.69, 9.17) is 5.11 Å². The van der Waals surface area contributed by atoms with Gasteiger partial charge in [-0.15, -0.1) is 0 Å². The van der Waals surface area contributed by atoms with Gasteiger partial charge in [0.1, 0.15) is 5.69 Å². The highest BCUT2D eigenvalue weighted by atomic mass is 16.6. The van der Waals surface area contributed by atoms with Crippen molar-refractivity contribution < 1.29 is 25.0 Å². The number of hydrogen-bond donors (Lipinski definition) is 4. The highest BCUT2D eigenvalue weighted by Gasteiger charge is 2.16. The highest BCUT2D eigenvalue weighted by molar-refractivity contribution is 5.89. The molecule has 0 aliphatic rings. The Morgan fingerprint density at radius 1 is 1.13 bits per heavy atom. The molecule has 0 saturated carbocycles. The van der Waals surface area contributed by atoms with Crippen molar-refractivity contribution in [3.05, 3.63) is 57.6 Å². The van der Waals surface area contributed by atoms with Gasteiger partial charge in [-0.2, -0.15) is 0 Å². The van der Waals surface area contributed by atoms with Crippen LogP contribution in [-0.2, 0) is 6.42 Å². The summed E-state index contributed by atoms with van der Waals surface area (Å²) < 4.78 is 0. The standard InChI is InChI=1S/C15H14N2O6/c18-13-4-1-9(7-14(13)19)5-6-16-11-3-2-10(15(20)21)8-12(11)17(22)23/h1-4,7-8,16,18-19H,5-6H2,(H,20,21). The first kappa shape index (κ1) is 16.1. The molecule has 0 aromatic heterocycles. The molecule has 0 bridgehead atoms. The van der Waals surface area contributed by atoms with Gasteiger partial charge in [0.25, 0.3) is 5.69 Å². The molecule has 4 N–H and O–H groups in total. The maximum Gasteiger partial charge on any atom is 0.335 e. The van der Waals surface area contributed by atoms with E-state index in [1.807, 2.05) is 0 Å². The van der Waals surface area contributed by atoms with E-state index in [9.17, 15) is 25.1 Å². The summed E-state index contributed by atoms with van der Waals surface area (Å²) in [5.74, 6) is -1.69. The van der Waals surface area contributed by atoms with Crippen molar-refractivity contribution in [3.8, 4) is 11.5 Å². The van der Waals surface area contributed by atoms with Crippen LogP contribution in [0.5, 0.6) is 11.5 Å². The monoisotopic (exact) mass is 318 g/mol. The fraction of sp³-hybridized carbons (Fsp3) is 0.133. The average Bonchev–Trinajstić information content (AvgIpc) is 2.50. The van der Waals surface area contributed by atoms with Gasteiger partial charge in [0.05, 0.1) is 10.5 Å². The molecule has 0 radical (unpaired) electrons. The number of anilines is 1. The third-order valence-corrected chi connectivity index (χ3v) is 3.21. The molecule has 0 heterocycles. The quantitative estimate of drug-likeness (QED) is 0.365. The fourth-order valence-electron chi connectivity index (χ4n) is 2.03. The van der Waals surface area contributed by atoms with Crippen LogP contribution in [-0.4, -0.2) is 32.8 Å². The predicted octanol–water partition coefficient (Wildman–Crippen LogP) is 2.36. The number of nitrogens with zero attached hydrogens (tertiary/aromatic N) is 1. The first-order valence-corrected chi connectivity index (χ1v) is 6.65. The number of hydrogen-bond acceptors (Lipinski definition) is 6. The normalized spacial score (nSPS) is 10.3. The maximum atomic E-state index is 11.0. The van der Waals surface area contributed by atoms with Gasteiger partial charge in [0, 0.05) is 12.6 Å². The Kier molecular flexibility index (Phi) is 4.65. The van der Waals surface area contributed by atoms with Crippen molar-refractivity contribution in [2.45, 2.75) is 6.42 Å². The summed E-state index contributed by atoms with van der Waals surface area (Å²) in [6, 6.07) is 8.00. The van der Waals surface area contributed by atoms with Crippen molar-refractivity contribution in [1.29, 1.82) is 0 Å². The number of rotatable bonds is 6. The smallest absolute Gasteiger partial charge is 0.335 e. The van der Waals surface area contributed by atoms with Crippen LogP contribution in [0.3, 0.4) is 0 Å². The number of phenolic OH excluding ortho intramolecular Hbond substituents is 2. The van der Waals surface area contributed by atoms with Crippen LogP contribution in [0.15, 0.2) is 36.4 Å². The Bertz CT molecular complexity index is 760. The molecule has 2 aromatic rings. The van der Waals surface area contributed by atoms with Gasteiger partial charge in [-0.1, -0.05) is 6.07 Å². The van der Waals surface area contributed by atoms with Crippen LogP contribution in [0, 0.1) is 10.1 Å². The van der Waals surface area contributed by atoms with Crippen molar-refractivity contribution in [2.24, 2.45) is 0 Å². The number of nitro benzene ring substituents is 1. The van der Waals surface area contributed by atoms with Crippen LogP contribution >= 0.6 is 0 Å². The second-order valence-corrected chi connectivity index (χ2v) is 4.79. The summed E-state index contributed by atoms with van der Waals surface area (Å²) in [4.78, 5) is 21.2. The minimum absolute atomic E-state index is 0.161. The number of carbonyl (C=O) groups is 1. The molecule has 8 heteroatoms. The number of aromatic carboxylic acids is 1. The molecule has 0 aliphatic carbocycles.